The van der Waals surface area contributed by atoms with Crippen molar-refractivity contribution in [3.8, 4) is 0 Å². The van der Waals surface area contributed by atoms with Crippen molar-refractivity contribution in [3.05, 3.63) is 69.8 Å². The van der Waals surface area contributed by atoms with Crippen LogP contribution in [0.5, 0.6) is 0 Å². The number of carbonyl (C=O) groups is 1. The first-order valence-corrected chi connectivity index (χ1v) is 5.96. The van der Waals surface area contributed by atoms with E-state index in [1.165, 1.54) is 19.1 Å². The summed E-state index contributed by atoms with van der Waals surface area (Å²) in [6, 6.07) is 13.1. The molecule has 0 fully saturated rings. The van der Waals surface area contributed by atoms with Crippen molar-refractivity contribution in [3.63, 3.8) is 0 Å². The van der Waals surface area contributed by atoms with Crippen LogP contribution in [0.15, 0.2) is 53.5 Å². The van der Waals surface area contributed by atoms with Crippen molar-refractivity contribution in [1.29, 1.82) is 0 Å². The molecule has 0 bridgehead atoms. The third-order valence-corrected chi connectivity index (χ3v) is 2.72. The summed E-state index contributed by atoms with van der Waals surface area (Å²) in [5.41, 5.74) is 2.06. The number of nitrogens with zero attached hydrogens (tertiary/aromatic N) is 2. The highest BCUT2D eigenvalue weighted by Crippen LogP contribution is 2.15. The zero-order valence-electron chi connectivity index (χ0n) is 10.8. The maximum Gasteiger partial charge on any atom is 0.269 e. The fraction of sp³-hybridized carbons (Fsp3) is 0.0667. The molecule has 0 aromatic heterocycles. The van der Waals surface area contributed by atoms with Crippen LogP contribution in [0.1, 0.15) is 22.8 Å². The third-order valence-electron chi connectivity index (χ3n) is 2.72. The molecule has 0 saturated heterocycles. The minimum absolute atomic E-state index is 0.0163. The molecule has 0 aliphatic rings. The van der Waals surface area contributed by atoms with Crippen LogP contribution in [0.4, 0.5) is 11.4 Å². The Labute approximate surface area is 115 Å². The minimum atomic E-state index is -0.447. The molecule has 20 heavy (non-hydrogen) atoms. The molecular formula is C15H12N2O3. The van der Waals surface area contributed by atoms with Crippen LogP contribution in [-0.2, 0) is 0 Å². The van der Waals surface area contributed by atoms with Crippen LogP contribution >= 0.6 is 0 Å². The number of aliphatic imine (C=N–C) groups is 1. The first-order valence-electron chi connectivity index (χ1n) is 5.96. The van der Waals surface area contributed by atoms with E-state index in [0.717, 1.165) is 5.56 Å². The van der Waals surface area contributed by atoms with Crippen LogP contribution in [0.3, 0.4) is 0 Å². The Morgan fingerprint density at radius 1 is 1.20 bits per heavy atom. The Balaban J connectivity index is 2.18. The molecule has 0 amide bonds. The Bertz CT molecular complexity index is 676. The van der Waals surface area contributed by atoms with Crippen molar-refractivity contribution in [1.82, 2.24) is 0 Å². The van der Waals surface area contributed by atoms with E-state index in [4.69, 9.17) is 0 Å². The highest BCUT2D eigenvalue weighted by atomic mass is 16.6. The van der Waals surface area contributed by atoms with Crippen molar-refractivity contribution in [2.45, 2.75) is 6.92 Å². The van der Waals surface area contributed by atoms with Gasteiger partial charge in [-0.25, -0.2) is 0 Å². The molecule has 2 aromatic rings. The molecule has 0 aliphatic heterocycles. The zero-order valence-corrected chi connectivity index (χ0v) is 10.8. The highest BCUT2D eigenvalue weighted by molar-refractivity contribution is 5.95. The maximum atomic E-state index is 11.3. The van der Waals surface area contributed by atoms with Gasteiger partial charge in [-0.3, -0.25) is 19.9 Å². The summed E-state index contributed by atoms with van der Waals surface area (Å²) < 4.78 is 0. The van der Waals surface area contributed by atoms with Gasteiger partial charge in [0.05, 0.1) is 10.6 Å². The van der Waals surface area contributed by atoms with Gasteiger partial charge in [0.15, 0.2) is 5.78 Å². The van der Waals surface area contributed by atoms with Gasteiger partial charge >= 0.3 is 0 Å². The summed E-state index contributed by atoms with van der Waals surface area (Å²) in [4.78, 5) is 25.6. The van der Waals surface area contributed by atoms with Crippen molar-refractivity contribution < 1.29 is 9.72 Å². The Morgan fingerprint density at radius 3 is 2.50 bits per heavy atom. The molecule has 0 N–H and O–H groups in total. The monoisotopic (exact) mass is 268 g/mol. The molecule has 0 heterocycles. The molecule has 0 radical (unpaired) electrons. The Morgan fingerprint density at radius 2 is 1.90 bits per heavy atom. The van der Waals surface area contributed by atoms with E-state index in [0.29, 0.717) is 11.3 Å². The van der Waals surface area contributed by atoms with E-state index >= 15 is 0 Å². The van der Waals surface area contributed by atoms with Crippen LogP contribution in [-0.4, -0.2) is 16.9 Å². The summed E-state index contributed by atoms with van der Waals surface area (Å²) in [5, 5.41) is 10.5. The first kappa shape index (κ1) is 13.6. The molecular weight excluding hydrogens is 256 g/mol. The van der Waals surface area contributed by atoms with E-state index in [-0.39, 0.29) is 11.5 Å². The van der Waals surface area contributed by atoms with Crippen LogP contribution in [0.25, 0.3) is 0 Å². The van der Waals surface area contributed by atoms with Crippen molar-refractivity contribution in [2.24, 2.45) is 4.99 Å². The van der Waals surface area contributed by atoms with Crippen LogP contribution < -0.4 is 0 Å². The number of ketones is 1. The second kappa shape index (κ2) is 5.88. The van der Waals surface area contributed by atoms with E-state index < -0.39 is 4.92 Å². The van der Waals surface area contributed by atoms with Gasteiger partial charge in [0, 0.05) is 23.9 Å². The number of nitro groups is 1. The number of carbonyl (C=O) groups excluding carboxylic acids is 1. The number of non-ortho nitro benzene ring substituents is 1. The lowest BCUT2D eigenvalue weighted by Gasteiger charge is -1.98. The van der Waals surface area contributed by atoms with Crippen molar-refractivity contribution in [2.75, 3.05) is 0 Å². The molecule has 0 unspecified atom stereocenters. The van der Waals surface area contributed by atoms with Gasteiger partial charge < -0.3 is 0 Å². The molecule has 0 spiro atoms. The summed E-state index contributed by atoms with van der Waals surface area (Å²) in [7, 11) is 0. The maximum absolute atomic E-state index is 11.3. The topological polar surface area (TPSA) is 72.6 Å². The molecule has 5 heteroatoms. The van der Waals surface area contributed by atoms with Gasteiger partial charge in [0.2, 0.25) is 0 Å². The third kappa shape index (κ3) is 3.35. The van der Waals surface area contributed by atoms with Gasteiger partial charge in [-0.2, -0.15) is 0 Å². The second-order valence-electron chi connectivity index (χ2n) is 4.21. The van der Waals surface area contributed by atoms with Gasteiger partial charge in [0.1, 0.15) is 0 Å². The number of benzene rings is 2. The molecule has 0 aliphatic carbocycles. The fourth-order valence-corrected chi connectivity index (χ4v) is 1.64. The predicted octanol–water partition coefficient (Wildman–Crippen LogP) is 3.55. The Kier molecular flexibility index (Phi) is 4.00. The lowest BCUT2D eigenvalue weighted by atomic mass is 10.1. The second-order valence-corrected chi connectivity index (χ2v) is 4.21. The summed E-state index contributed by atoms with van der Waals surface area (Å²) in [5.74, 6) is -0.0163. The largest absolute Gasteiger partial charge is 0.295 e. The average molecular weight is 268 g/mol. The smallest absolute Gasteiger partial charge is 0.269 e. The predicted molar refractivity (Wildman–Crippen MR) is 76.8 cm³/mol. The molecule has 5 nitrogen and oxygen atoms in total. The number of hydrogen-bond acceptors (Lipinski definition) is 4. The van der Waals surface area contributed by atoms with Gasteiger partial charge in [-0.05, 0) is 36.8 Å². The van der Waals surface area contributed by atoms with E-state index in [1.54, 1.807) is 42.6 Å². The molecule has 2 rings (SSSR count). The number of rotatable bonds is 4. The fourth-order valence-electron chi connectivity index (χ4n) is 1.64. The molecule has 100 valence electrons. The number of Topliss-reactive ketones (excluding diaryl/α,β-unsaturated/α-hetero) is 1. The average Bonchev–Trinajstić information content (AvgIpc) is 2.46. The minimum Gasteiger partial charge on any atom is -0.295 e. The zero-order chi connectivity index (χ0) is 14.5. The van der Waals surface area contributed by atoms with Gasteiger partial charge in [0.25, 0.3) is 5.69 Å². The molecule has 0 atom stereocenters. The van der Waals surface area contributed by atoms with Crippen LogP contribution in [0.2, 0.25) is 0 Å². The lowest BCUT2D eigenvalue weighted by molar-refractivity contribution is -0.384. The molecule has 2 aromatic carbocycles. The highest BCUT2D eigenvalue weighted by Gasteiger charge is 2.03. The standard InChI is InChI=1S/C15H12N2O3/c1-11(18)13-3-2-4-14(9-13)16-10-12-5-7-15(8-6-12)17(19)20/h2-10H,1H3. The SMILES string of the molecule is CC(=O)c1cccc(N=Cc2ccc([N+](=O)[O-])cc2)c1. The van der Waals surface area contributed by atoms with Crippen LogP contribution in [0, 0.1) is 10.1 Å². The molecule has 0 saturated carbocycles. The summed E-state index contributed by atoms with van der Waals surface area (Å²) >= 11 is 0. The lowest BCUT2D eigenvalue weighted by Crippen LogP contribution is -1.90. The summed E-state index contributed by atoms with van der Waals surface area (Å²) in [6.07, 6.45) is 1.60. The normalized spacial score (nSPS) is 10.7. The quantitative estimate of drug-likeness (QED) is 0.368. The van der Waals surface area contributed by atoms with Gasteiger partial charge in [-0.15, -0.1) is 0 Å². The van der Waals surface area contributed by atoms with E-state index in [2.05, 4.69) is 4.99 Å². The number of nitro benzene ring substituents is 1. The van der Waals surface area contributed by atoms with Crippen molar-refractivity contribution >= 4 is 23.4 Å². The van der Waals surface area contributed by atoms with E-state index in [9.17, 15) is 14.9 Å². The Hall–Kier alpha value is -2.82. The number of hydrogen-bond donors (Lipinski definition) is 0. The first-order chi connectivity index (χ1) is 9.56. The van der Waals surface area contributed by atoms with Gasteiger partial charge in [-0.1, -0.05) is 12.1 Å². The summed E-state index contributed by atoms with van der Waals surface area (Å²) in [6.45, 7) is 1.50. The van der Waals surface area contributed by atoms with E-state index in [1.807, 2.05) is 0 Å².